The molecular formula is C15H21N4O5-. The highest BCUT2D eigenvalue weighted by atomic mass is 16.5. The Kier molecular flexibility index (Phi) is 5.55. The minimum Gasteiger partial charge on any atom is -0.550 e. The smallest absolute Gasteiger partial charge is 0.330 e. The molecule has 0 bridgehead atoms. The Morgan fingerprint density at radius 3 is 2.62 bits per heavy atom. The molecule has 2 aromatic heterocycles. The number of aromatic nitrogens is 4. The molecule has 2 heterocycles. The number of nitrogens with zero attached hydrogens (tertiary/aromatic N) is 3. The SMILES string of the molecule is COCCn1c(CCC(=O)[O-])nc2c1c(=O)[nH]c(=O)n2CC(C)C. The molecule has 0 radical (unpaired) electrons. The number of carbonyl (C=O) groups is 1. The van der Waals surface area contributed by atoms with Gasteiger partial charge in [0.25, 0.3) is 5.56 Å². The number of carbonyl (C=O) groups excluding carboxylic acids is 1. The van der Waals surface area contributed by atoms with Gasteiger partial charge in [0, 0.05) is 32.6 Å². The number of aromatic amines is 1. The minimum absolute atomic E-state index is 0.107. The van der Waals surface area contributed by atoms with Crippen LogP contribution in [0, 0.1) is 5.92 Å². The number of hydrogen-bond donors (Lipinski definition) is 1. The van der Waals surface area contributed by atoms with Crippen LogP contribution in [0.2, 0.25) is 0 Å². The average molecular weight is 337 g/mol. The van der Waals surface area contributed by atoms with Gasteiger partial charge < -0.3 is 19.2 Å². The van der Waals surface area contributed by atoms with E-state index in [-0.39, 0.29) is 29.9 Å². The molecule has 132 valence electrons. The maximum atomic E-state index is 12.3. The first kappa shape index (κ1) is 17.9. The topological polar surface area (TPSA) is 122 Å². The third-order valence-electron chi connectivity index (χ3n) is 3.58. The Labute approximate surface area is 137 Å². The highest BCUT2D eigenvalue weighted by Gasteiger charge is 2.18. The molecule has 0 unspecified atom stereocenters. The van der Waals surface area contributed by atoms with E-state index in [2.05, 4.69) is 9.97 Å². The summed E-state index contributed by atoms with van der Waals surface area (Å²) in [7, 11) is 1.53. The molecule has 0 fully saturated rings. The van der Waals surface area contributed by atoms with Crippen LogP contribution in [-0.4, -0.2) is 38.8 Å². The molecule has 0 saturated carbocycles. The van der Waals surface area contributed by atoms with E-state index in [1.54, 1.807) is 4.57 Å². The van der Waals surface area contributed by atoms with Gasteiger partial charge in [-0.3, -0.25) is 14.3 Å². The van der Waals surface area contributed by atoms with Crippen molar-refractivity contribution >= 4 is 17.1 Å². The van der Waals surface area contributed by atoms with Crippen LogP contribution in [0.4, 0.5) is 0 Å². The molecular weight excluding hydrogens is 316 g/mol. The lowest BCUT2D eigenvalue weighted by Crippen LogP contribution is -2.32. The number of rotatable bonds is 8. The lowest BCUT2D eigenvalue weighted by Gasteiger charge is -2.10. The fraction of sp³-hybridized carbons (Fsp3) is 0.600. The molecule has 0 atom stereocenters. The van der Waals surface area contributed by atoms with Gasteiger partial charge in [-0.2, -0.15) is 0 Å². The molecule has 9 heteroatoms. The first-order valence-corrected chi connectivity index (χ1v) is 7.76. The van der Waals surface area contributed by atoms with Crippen LogP contribution in [-0.2, 0) is 29.0 Å². The summed E-state index contributed by atoms with van der Waals surface area (Å²) in [5.41, 5.74) is -0.551. The number of carboxylic acids is 1. The molecule has 9 nitrogen and oxygen atoms in total. The van der Waals surface area contributed by atoms with Gasteiger partial charge in [0.2, 0.25) is 0 Å². The average Bonchev–Trinajstić information content (AvgIpc) is 2.86. The Morgan fingerprint density at radius 1 is 1.33 bits per heavy atom. The second-order valence-electron chi connectivity index (χ2n) is 5.98. The molecule has 0 aliphatic carbocycles. The summed E-state index contributed by atoms with van der Waals surface area (Å²) < 4.78 is 8.06. The number of aliphatic carboxylic acids is 1. The summed E-state index contributed by atoms with van der Waals surface area (Å²) in [6, 6.07) is 0. The van der Waals surface area contributed by atoms with Crippen LogP contribution in [0.1, 0.15) is 26.1 Å². The van der Waals surface area contributed by atoms with Crippen LogP contribution in [0.15, 0.2) is 9.59 Å². The fourth-order valence-corrected chi connectivity index (χ4v) is 2.58. The van der Waals surface area contributed by atoms with Crippen LogP contribution in [0.5, 0.6) is 0 Å². The van der Waals surface area contributed by atoms with E-state index in [1.165, 1.54) is 11.7 Å². The first-order valence-electron chi connectivity index (χ1n) is 7.76. The summed E-state index contributed by atoms with van der Waals surface area (Å²) in [4.78, 5) is 41.8. The number of nitrogens with one attached hydrogen (secondary N) is 1. The van der Waals surface area contributed by atoms with Crippen LogP contribution in [0.3, 0.4) is 0 Å². The van der Waals surface area contributed by atoms with Gasteiger partial charge in [-0.05, 0) is 12.3 Å². The van der Waals surface area contributed by atoms with Gasteiger partial charge in [-0.25, -0.2) is 9.78 Å². The van der Waals surface area contributed by atoms with Crippen molar-refractivity contribution in [1.29, 1.82) is 0 Å². The van der Waals surface area contributed by atoms with Crippen LogP contribution < -0.4 is 16.4 Å². The van der Waals surface area contributed by atoms with Gasteiger partial charge in [0.15, 0.2) is 11.2 Å². The monoisotopic (exact) mass is 337 g/mol. The third kappa shape index (κ3) is 3.73. The largest absolute Gasteiger partial charge is 0.550 e. The van der Waals surface area contributed by atoms with E-state index in [9.17, 15) is 19.5 Å². The van der Waals surface area contributed by atoms with Gasteiger partial charge >= 0.3 is 5.69 Å². The van der Waals surface area contributed by atoms with Crippen molar-refractivity contribution in [2.24, 2.45) is 5.92 Å². The molecule has 0 amide bonds. The van der Waals surface area contributed by atoms with E-state index in [0.717, 1.165) is 0 Å². The highest BCUT2D eigenvalue weighted by Crippen LogP contribution is 2.14. The summed E-state index contributed by atoms with van der Waals surface area (Å²) >= 11 is 0. The number of ether oxygens (including phenoxy) is 1. The van der Waals surface area contributed by atoms with Gasteiger partial charge in [0.05, 0.1) is 6.61 Å². The van der Waals surface area contributed by atoms with Crippen molar-refractivity contribution in [3.8, 4) is 0 Å². The van der Waals surface area contributed by atoms with Crippen molar-refractivity contribution in [2.75, 3.05) is 13.7 Å². The second kappa shape index (κ2) is 7.43. The predicted octanol–water partition coefficient (Wildman–Crippen LogP) is -1.13. The van der Waals surface area contributed by atoms with Crippen molar-refractivity contribution in [1.82, 2.24) is 19.1 Å². The summed E-state index contributed by atoms with van der Waals surface area (Å²) in [6.07, 6.45) is -0.112. The number of fused-ring (bicyclic) bond motifs is 1. The van der Waals surface area contributed by atoms with E-state index < -0.39 is 17.2 Å². The molecule has 0 aromatic carbocycles. The Balaban J connectivity index is 2.67. The van der Waals surface area contributed by atoms with E-state index >= 15 is 0 Å². The van der Waals surface area contributed by atoms with Crippen LogP contribution in [0.25, 0.3) is 11.2 Å². The van der Waals surface area contributed by atoms with E-state index in [4.69, 9.17) is 4.74 Å². The van der Waals surface area contributed by atoms with Crippen LogP contribution >= 0.6 is 0 Å². The maximum absolute atomic E-state index is 12.3. The number of carboxylic acid groups (broad SMARTS) is 1. The number of hydrogen-bond acceptors (Lipinski definition) is 6. The predicted molar refractivity (Wildman–Crippen MR) is 84.7 cm³/mol. The van der Waals surface area contributed by atoms with Gasteiger partial charge in [-0.1, -0.05) is 13.8 Å². The van der Waals surface area contributed by atoms with Crippen molar-refractivity contribution in [3.63, 3.8) is 0 Å². The molecule has 24 heavy (non-hydrogen) atoms. The quantitative estimate of drug-likeness (QED) is 0.650. The van der Waals surface area contributed by atoms with Gasteiger partial charge in [0.1, 0.15) is 5.82 Å². The Bertz CT molecular complexity index is 846. The van der Waals surface area contributed by atoms with E-state index in [1.807, 2.05) is 13.8 Å². The zero-order chi connectivity index (χ0) is 17.9. The molecule has 0 saturated heterocycles. The summed E-state index contributed by atoms with van der Waals surface area (Å²) in [5.74, 6) is -0.610. The molecule has 0 aliphatic rings. The summed E-state index contributed by atoms with van der Waals surface area (Å²) in [6.45, 7) is 4.95. The first-order chi connectivity index (χ1) is 11.3. The molecule has 1 N–H and O–H groups in total. The number of H-pyrrole nitrogens is 1. The molecule has 0 spiro atoms. The van der Waals surface area contributed by atoms with Gasteiger partial charge in [-0.15, -0.1) is 0 Å². The van der Waals surface area contributed by atoms with E-state index in [0.29, 0.717) is 25.5 Å². The van der Waals surface area contributed by atoms with Crippen molar-refractivity contribution in [2.45, 2.75) is 39.8 Å². The van der Waals surface area contributed by atoms with Crippen molar-refractivity contribution in [3.05, 3.63) is 26.7 Å². The minimum atomic E-state index is -1.20. The molecule has 0 aliphatic heterocycles. The number of aryl methyl sites for hydroxylation is 1. The lowest BCUT2D eigenvalue weighted by atomic mass is 10.2. The Morgan fingerprint density at radius 2 is 2.04 bits per heavy atom. The fourth-order valence-electron chi connectivity index (χ4n) is 2.58. The maximum Gasteiger partial charge on any atom is 0.330 e. The van der Waals surface area contributed by atoms with Crippen molar-refractivity contribution < 1.29 is 14.6 Å². The standard InChI is InChI=1S/C15H22N4O5/c1-9(2)8-19-13-12(14(22)17-15(19)23)18(6-7-24-3)10(16-13)4-5-11(20)21/h9H,4-8H2,1-3H3,(H,20,21)(H,17,22,23)/p-1. The third-order valence-corrected chi connectivity index (χ3v) is 3.58. The molecule has 2 rings (SSSR count). The zero-order valence-corrected chi connectivity index (χ0v) is 14.0. The summed E-state index contributed by atoms with van der Waals surface area (Å²) in [5, 5.41) is 10.8. The normalized spacial score (nSPS) is 11.5. The molecule has 2 aromatic rings. The lowest BCUT2D eigenvalue weighted by molar-refractivity contribution is -0.305. The Hall–Kier alpha value is -2.42. The number of methoxy groups -OCH3 is 1. The zero-order valence-electron chi connectivity index (χ0n) is 14.0. The highest BCUT2D eigenvalue weighted by molar-refractivity contribution is 5.71. The second-order valence-corrected chi connectivity index (χ2v) is 5.98. The number of imidazole rings is 1.